The van der Waals surface area contributed by atoms with Gasteiger partial charge in [-0.3, -0.25) is 4.79 Å². The molecule has 0 aliphatic rings. The Bertz CT molecular complexity index is 1240. The highest BCUT2D eigenvalue weighted by Gasteiger charge is 2.24. The Morgan fingerprint density at radius 3 is 2.44 bits per heavy atom. The Morgan fingerprint density at radius 1 is 1.06 bits per heavy atom. The molecule has 0 bridgehead atoms. The number of aromatic nitrogens is 3. The first-order chi connectivity index (χ1) is 15.5. The van der Waals surface area contributed by atoms with E-state index in [9.17, 15) is 9.90 Å². The van der Waals surface area contributed by atoms with Crippen molar-refractivity contribution in [2.24, 2.45) is 0 Å². The van der Waals surface area contributed by atoms with E-state index < -0.39 is 5.91 Å². The van der Waals surface area contributed by atoms with Gasteiger partial charge in [0.2, 0.25) is 0 Å². The van der Waals surface area contributed by atoms with Gasteiger partial charge in [0.15, 0.2) is 0 Å². The Labute approximate surface area is 196 Å². The molecule has 0 saturated heterocycles. The molecule has 8 heteroatoms. The molecule has 4 aromatic rings. The van der Waals surface area contributed by atoms with E-state index in [0.29, 0.717) is 5.69 Å². The summed E-state index contributed by atoms with van der Waals surface area (Å²) in [5.41, 5.74) is 3.95. The van der Waals surface area contributed by atoms with Crippen LogP contribution in [0.15, 0.2) is 60.9 Å². The molecule has 0 aliphatic heterocycles. The van der Waals surface area contributed by atoms with Crippen molar-refractivity contribution in [2.45, 2.75) is 19.9 Å². The van der Waals surface area contributed by atoms with E-state index in [1.165, 1.54) is 11.2 Å². The second-order valence-corrected chi connectivity index (χ2v) is 8.02. The summed E-state index contributed by atoms with van der Waals surface area (Å²) < 4.78 is 2.28. The van der Waals surface area contributed by atoms with Crippen molar-refractivity contribution in [2.75, 3.05) is 18.1 Å². The van der Waals surface area contributed by atoms with Crippen molar-refractivity contribution in [1.82, 2.24) is 14.5 Å². The number of aryl methyl sites for hydroxylation is 1. The normalized spacial score (nSPS) is 11.1. The molecule has 0 spiro atoms. The zero-order valence-corrected chi connectivity index (χ0v) is 19.0. The number of amides is 1. The molecule has 32 heavy (non-hydrogen) atoms. The first kappa shape index (κ1) is 22.3. The highest BCUT2D eigenvalue weighted by atomic mass is 35.5. The first-order valence-corrected chi connectivity index (χ1v) is 11.1. The number of carbonyl (C=O) groups excluding carboxylic acids is 1. The van der Waals surface area contributed by atoms with Crippen LogP contribution in [0.4, 0.5) is 5.69 Å². The van der Waals surface area contributed by atoms with Gasteiger partial charge in [0.1, 0.15) is 22.2 Å². The van der Waals surface area contributed by atoms with Gasteiger partial charge in [0.05, 0.1) is 6.61 Å². The number of rotatable bonds is 7. The van der Waals surface area contributed by atoms with Crippen LogP contribution in [-0.4, -0.2) is 38.7 Å². The van der Waals surface area contributed by atoms with Gasteiger partial charge in [0, 0.05) is 35.4 Å². The Balaban J connectivity index is 1.81. The van der Waals surface area contributed by atoms with Crippen molar-refractivity contribution >= 4 is 45.7 Å². The van der Waals surface area contributed by atoms with Crippen LogP contribution < -0.4 is 4.90 Å². The van der Waals surface area contributed by atoms with E-state index in [1.807, 2.05) is 36.4 Å². The molecule has 0 atom stereocenters. The van der Waals surface area contributed by atoms with E-state index in [1.54, 1.807) is 0 Å². The number of nitrogens with zero attached hydrogens (tertiary/aromatic N) is 4. The zero-order chi connectivity index (χ0) is 22.7. The summed E-state index contributed by atoms with van der Waals surface area (Å²) in [6.45, 7) is 2.87. The number of aliphatic hydroxyl groups is 1. The summed E-state index contributed by atoms with van der Waals surface area (Å²) in [5, 5.41) is 10.6. The van der Waals surface area contributed by atoms with E-state index in [4.69, 9.17) is 23.2 Å². The fourth-order valence-electron chi connectivity index (χ4n) is 3.84. The molecule has 0 aliphatic carbocycles. The van der Waals surface area contributed by atoms with E-state index in [-0.39, 0.29) is 29.0 Å². The molecule has 4 rings (SSSR count). The van der Waals surface area contributed by atoms with Crippen LogP contribution in [0.2, 0.25) is 10.3 Å². The van der Waals surface area contributed by atoms with Gasteiger partial charge in [0.25, 0.3) is 5.91 Å². The fourth-order valence-corrected chi connectivity index (χ4v) is 4.32. The van der Waals surface area contributed by atoms with E-state index in [2.05, 4.69) is 39.7 Å². The summed E-state index contributed by atoms with van der Waals surface area (Å²) in [7, 11) is 0. The molecule has 1 amide bonds. The molecule has 164 valence electrons. The predicted octanol–water partition coefficient (Wildman–Crippen LogP) is 5.45. The van der Waals surface area contributed by atoms with Crippen LogP contribution in [-0.2, 0) is 6.54 Å². The minimum atomic E-state index is -0.467. The maximum atomic E-state index is 13.3. The molecular formula is C24H22Cl2N4O2. The number of anilines is 1. The van der Waals surface area contributed by atoms with Crippen LogP contribution in [0.5, 0.6) is 0 Å². The molecular weight excluding hydrogens is 447 g/mol. The second kappa shape index (κ2) is 9.69. The van der Waals surface area contributed by atoms with Crippen molar-refractivity contribution < 1.29 is 9.90 Å². The molecule has 2 aromatic heterocycles. The third kappa shape index (κ3) is 4.21. The third-order valence-electron chi connectivity index (χ3n) is 5.25. The van der Waals surface area contributed by atoms with Gasteiger partial charge in [-0.2, -0.15) is 0 Å². The molecule has 2 aromatic carbocycles. The average molecular weight is 469 g/mol. The lowest BCUT2D eigenvalue weighted by molar-refractivity contribution is 0.0980. The standard InChI is InChI=1S/C24H22Cl2N4O2/c1-2-10-30-19-9-8-18(13-17(19)14-20(30)16-6-4-3-5-7-16)29(11-12-31)24(32)21-22(25)27-15-28-23(21)26/h3-9,13-15,31H,2,10-12H2,1H3. The Morgan fingerprint density at radius 2 is 1.78 bits per heavy atom. The molecule has 0 radical (unpaired) electrons. The number of benzene rings is 2. The van der Waals surface area contributed by atoms with Crippen LogP contribution in [0.1, 0.15) is 23.7 Å². The second-order valence-electron chi connectivity index (χ2n) is 7.30. The number of halogens is 2. The highest BCUT2D eigenvalue weighted by Crippen LogP contribution is 2.32. The van der Waals surface area contributed by atoms with Crippen molar-refractivity contribution in [3.63, 3.8) is 0 Å². The minimum Gasteiger partial charge on any atom is -0.395 e. The van der Waals surface area contributed by atoms with Crippen LogP contribution >= 0.6 is 23.2 Å². The highest BCUT2D eigenvalue weighted by molar-refractivity contribution is 6.39. The molecule has 1 N–H and O–H groups in total. The zero-order valence-electron chi connectivity index (χ0n) is 17.5. The molecule has 2 heterocycles. The van der Waals surface area contributed by atoms with Crippen molar-refractivity contribution in [1.29, 1.82) is 0 Å². The largest absolute Gasteiger partial charge is 0.395 e. The smallest absolute Gasteiger partial charge is 0.264 e. The van der Waals surface area contributed by atoms with Crippen molar-refractivity contribution in [3.05, 3.63) is 76.8 Å². The van der Waals surface area contributed by atoms with E-state index in [0.717, 1.165) is 35.1 Å². The minimum absolute atomic E-state index is 0.0120. The number of hydrogen-bond acceptors (Lipinski definition) is 4. The number of aliphatic hydroxyl groups excluding tert-OH is 1. The molecule has 6 nitrogen and oxygen atoms in total. The lowest BCUT2D eigenvalue weighted by Gasteiger charge is -2.23. The van der Waals surface area contributed by atoms with Gasteiger partial charge in [-0.25, -0.2) is 9.97 Å². The SMILES string of the molecule is CCCn1c(-c2ccccc2)cc2cc(N(CCO)C(=O)c3c(Cl)ncnc3Cl)ccc21. The lowest BCUT2D eigenvalue weighted by atomic mass is 10.1. The summed E-state index contributed by atoms with van der Waals surface area (Å²) in [4.78, 5) is 22.5. The van der Waals surface area contributed by atoms with Crippen LogP contribution in [0.25, 0.3) is 22.2 Å². The molecule has 0 unspecified atom stereocenters. The Kier molecular flexibility index (Phi) is 6.74. The van der Waals surface area contributed by atoms with E-state index >= 15 is 0 Å². The predicted molar refractivity (Wildman–Crippen MR) is 128 cm³/mol. The summed E-state index contributed by atoms with van der Waals surface area (Å²) in [5.74, 6) is -0.467. The number of carbonyl (C=O) groups is 1. The Hall–Kier alpha value is -2.93. The summed E-state index contributed by atoms with van der Waals surface area (Å²) >= 11 is 12.3. The third-order valence-corrected chi connectivity index (χ3v) is 5.82. The quantitative estimate of drug-likeness (QED) is 0.365. The lowest BCUT2D eigenvalue weighted by Crippen LogP contribution is -2.34. The van der Waals surface area contributed by atoms with Crippen molar-refractivity contribution in [3.8, 4) is 11.3 Å². The molecule has 0 fully saturated rings. The fraction of sp³-hybridized carbons (Fsp3) is 0.208. The van der Waals surface area contributed by atoms with Gasteiger partial charge in [-0.15, -0.1) is 0 Å². The van der Waals surface area contributed by atoms with Crippen LogP contribution in [0.3, 0.4) is 0 Å². The van der Waals surface area contributed by atoms with Gasteiger partial charge >= 0.3 is 0 Å². The monoisotopic (exact) mass is 468 g/mol. The average Bonchev–Trinajstić information content (AvgIpc) is 3.16. The first-order valence-electron chi connectivity index (χ1n) is 10.3. The maximum absolute atomic E-state index is 13.3. The van der Waals surface area contributed by atoms with Crippen LogP contribution in [0, 0.1) is 0 Å². The van der Waals surface area contributed by atoms with Gasteiger partial charge < -0.3 is 14.6 Å². The topological polar surface area (TPSA) is 71.2 Å². The van der Waals surface area contributed by atoms with Gasteiger partial charge in [-0.1, -0.05) is 60.5 Å². The number of hydrogen-bond donors (Lipinski definition) is 1. The summed E-state index contributed by atoms with van der Waals surface area (Å²) in [6, 6.07) is 18.1. The van der Waals surface area contributed by atoms with Gasteiger partial charge in [-0.05, 0) is 36.2 Å². The molecule has 0 saturated carbocycles. The maximum Gasteiger partial charge on any atom is 0.264 e. The number of fused-ring (bicyclic) bond motifs is 1. The summed E-state index contributed by atoms with van der Waals surface area (Å²) in [6.07, 6.45) is 2.19.